The highest BCUT2D eigenvalue weighted by molar-refractivity contribution is 6.04. The number of carbonyl (C=O) groups is 2. The van der Waals surface area contributed by atoms with Gasteiger partial charge < -0.3 is 14.8 Å². The molecule has 2 aromatic rings. The van der Waals surface area contributed by atoms with Crippen molar-refractivity contribution >= 4 is 11.8 Å². The van der Waals surface area contributed by atoms with Gasteiger partial charge in [0.05, 0.1) is 24.7 Å². The molecule has 4 rings (SSSR count). The third kappa shape index (κ3) is 4.58. The van der Waals surface area contributed by atoms with Gasteiger partial charge in [0.25, 0.3) is 0 Å². The molecule has 1 N–H and O–H groups in total. The predicted octanol–water partition coefficient (Wildman–Crippen LogP) is 5.40. The number of hydrogen-bond acceptors (Lipinski definition) is 5. The van der Waals surface area contributed by atoms with E-state index in [1.54, 1.807) is 6.92 Å². The molecule has 0 saturated heterocycles. The molecule has 0 fully saturated rings. The standard InChI is InChI=1S/C28H31NO4/c1-4-15-33-24-14-10-9-13-21(24)26-25(28(31)32-5-2)18(3)29-22-16-20(17-23(30)27(22)26)19-11-7-6-8-12-19/h6-14,20,26,29H,4-5,15-17H2,1-3H3/t20-,26+/m0/s1. The molecule has 0 amide bonds. The molecule has 1 heterocycles. The summed E-state index contributed by atoms with van der Waals surface area (Å²) >= 11 is 0. The monoisotopic (exact) mass is 445 g/mol. The predicted molar refractivity (Wildman–Crippen MR) is 128 cm³/mol. The third-order valence-electron chi connectivity index (χ3n) is 6.29. The lowest BCUT2D eigenvalue weighted by Gasteiger charge is -2.37. The second-order valence-electron chi connectivity index (χ2n) is 8.53. The van der Waals surface area contributed by atoms with Crippen molar-refractivity contribution in [1.29, 1.82) is 0 Å². The van der Waals surface area contributed by atoms with E-state index < -0.39 is 11.9 Å². The normalized spacial score (nSPS) is 20.3. The Hall–Kier alpha value is -3.34. The van der Waals surface area contributed by atoms with E-state index in [1.807, 2.05) is 49.4 Å². The largest absolute Gasteiger partial charge is 0.493 e. The number of para-hydroxylation sites is 1. The van der Waals surface area contributed by atoms with E-state index >= 15 is 0 Å². The number of ketones is 1. The van der Waals surface area contributed by atoms with Crippen LogP contribution < -0.4 is 10.1 Å². The van der Waals surface area contributed by atoms with Crippen molar-refractivity contribution in [2.75, 3.05) is 13.2 Å². The lowest BCUT2D eigenvalue weighted by atomic mass is 9.71. The van der Waals surface area contributed by atoms with Crippen LogP contribution in [-0.4, -0.2) is 25.0 Å². The summed E-state index contributed by atoms with van der Waals surface area (Å²) in [5.74, 6) is -0.0538. The fourth-order valence-electron chi connectivity index (χ4n) is 4.85. The van der Waals surface area contributed by atoms with Gasteiger partial charge in [-0.15, -0.1) is 0 Å². The van der Waals surface area contributed by atoms with Gasteiger partial charge in [-0.05, 0) is 44.2 Å². The quantitative estimate of drug-likeness (QED) is 0.578. The summed E-state index contributed by atoms with van der Waals surface area (Å²) in [4.78, 5) is 26.7. The number of Topliss-reactive ketones (excluding diaryl/α,β-unsaturated/α-hetero) is 1. The molecule has 5 nitrogen and oxygen atoms in total. The van der Waals surface area contributed by atoms with Crippen LogP contribution in [0.5, 0.6) is 5.75 Å². The Morgan fingerprint density at radius 3 is 2.48 bits per heavy atom. The average Bonchev–Trinajstić information content (AvgIpc) is 2.82. The molecule has 0 radical (unpaired) electrons. The maximum atomic E-state index is 13.6. The van der Waals surface area contributed by atoms with E-state index in [-0.39, 0.29) is 18.3 Å². The van der Waals surface area contributed by atoms with E-state index in [1.165, 1.54) is 0 Å². The zero-order valence-corrected chi connectivity index (χ0v) is 19.5. The number of carbonyl (C=O) groups excluding carboxylic acids is 2. The number of rotatable bonds is 7. The highest BCUT2D eigenvalue weighted by Crippen LogP contribution is 2.47. The summed E-state index contributed by atoms with van der Waals surface area (Å²) < 4.78 is 11.5. The third-order valence-corrected chi connectivity index (χ3v) is 6.29. The summed E-state index contributed by atoms with van der Waals surface area (Å²) in [6.45, 7) is 6.56. The van der Waals surface area contributed by atoms with Crippen LogP contribution in [0.25, 0.3) is 0 Å². The highest BCUT2D eigenvalue weighted by Gasteiger charge is 2.42. The molecule has 1 aliphatic heterocycles. The van der Waals surface area contributed by atoms with Crippen molar-refractivity contribution in [3.05, 3.63) is 88.3 Å². The Labute approximate surface area is 195 Å². The molecule has 2 aromatic carbocycles. The maximum Gasteiger partial charge on any atom is 0.336 e. The summed E-state index contributed by atoms with van der Waals surface area (Å²) in [5.41, 5.74) is 4.73. The zero-order chi connectivity index (χ0) is 23.4. The van der Waals surface area contributed by atoms with Gasteiger partial charge in [0, 0.05) is 29.0 Å². The molecule has 2 atom stereocenters. The van der Waals surface area contributed by atoms with Crippen molar-refractivity contribution in [3.8, 4) is 5.75 Å². The van der Waals surface area contributed by atoms with E-state index in [9.17, 15) is 9.59 Å². The van der Waals surface area contributed by atoms with E-state index in [4.69, 9.17) is 9.47 Å². The minimum Gasteiger partial charge on any atom is -0.493 e. The van der Waals surface area contributed by atoms with Gasteiger partial charge in [-0.3, -0.25) is 4.79 Å². The van der Waals surface area contributed by atoms with Gasteiger partial charge in [-0.1, -0.05) is 55.5 Å². The van der Waals surface area contributed by atoms with Gasteiger partial charge in [-0.25, -0.2) is 4.79 Å². The van der Waals surface area contributed by atoms with Crippen LogP contribution in [0.1, 0.15) is 63.0 Å². The first-order chi connectivity index (χ1) is 16.0. The summed E-state index contributed by atoms with van der Waals surface area (Å²) in [6.07, 6.45) is 1.99. The SMILES string of the molecule is CCCOc1ccccc1[C@@H]1C(C(=O)OCC)=C(C)NC2=C1C(=O)C[C@@H](c1ccccc1)C2. The Kier molecular flexibility index (Phi) is 6.97. The summed E-state index contributed by atoms with van der Waals surface area (Å²) in [6, 6.07) is 17.8. The first-order valence-corrected chi connectivity index (χ1v) is 11.7. The molecule has 0 saturated carbocycles. The molecule has 0 unspecified atom stereocenters. The van der Waals surface area contributed by atoms with Gasteiger partial charge in [0.1, 0.15) is 5.75 Å². The lowest BCUT2D eigenvalue weighted by molar-refractivity contribution is -0.138. The lowest BCUT2D eigenvalue weighted by Crippen LogP contribution is -2.36. The molecule has 0 spiro atoms. The smallest absolute Gasteiger partial charge is 0.336 e. The number of benzene rings is 2. The molecule has 2 aliphatic rings. The first kappa shape index (κ1) is 22.8. The van der Waals surface area contributed by atoms with E-state index in [2.05, 4.69) is 24.4 Å². The molecular formula is C28H31NO4. The topological polar surface area (TPSA) is 64.6 Å². The van der Waals surface area contributed by atoms with Crippen LogP contribution in [0.4, 0.5) is 0 Å². The number of allylic oxidation sites excluding steroid dienone is 3. The summed E-state index contributed by atoms with van der Waals surface area (Å²) in [7, 11) is 0. The number of esters is 1. The van der Waals surface area contributed by atoms with Crippen LogP contribution in [0.3, 0.4) is 0 Å². The molecule has 1 aliphatic carbocycles. The minimum atomic E-state index is -0.516. The molecule has 0 bridgehead atoms. The second-order valence-corrected chi connectivity index (χ2v) is 8.53. The Balaban J connectivity index is 1.82. The van der Waals surface area contributed by atoms with Crippen LogP contribution in [-0.2, 0) is 14.3 Å². The second kappa shape index (κ2) is 10.1. The van der Waals surface area contributed by atoms with Crippen LogP contribution >= 0.6 is 0 Å². The highest BCUT2D eigenvalue weighted by atomic mass is 16.5. The van der Waals surface area contributed by atoms with E-state index in [0.29, 0.717) is 36.3 Å². The van der Waals surface area contributed by atoms with Crippen molar-refractivity contribution in [2.45, 2.75) is 51.9 Å². The van der Waals surface area contributed by atoms with Gasteiger partial charge >= 0.3 is 5.97 Å². The Bertz CT molecular complexity index is 1100. The molecule has 0 aromatic heterocycles. The number of dihydropyridines is 1. The summed E-state index contributed by atoms with van der Waals surface area (Å²) in [5, 5.41) is 3.40. The van der Waals surface area contributed by atoms with Crippen LogP contribution in [0.2, 0.25) is 0 Å². The van der Waals surface area contributed by atoms with Gasteiger partial charge in [-0.2, -0.15) is 0 Å². The van der Waals surface area contributed by atoms with Crippen molar-refractivity contribution in [3.63, 3.8) is 0 Å². The van der Waals surface area contributed by atoms with Crippen molar-refractivity contribution in [2.24, 2.45) is 0 Å². The molecule has 172 valence electrons. The number of hydrogen-bond donors (Lipinski definition) is 1. The van der Waals surface area contributed by atoms with Crippen molar-refractivity contribution < 1.29 is 19.1 Å². The van der Waals surface area contributed by atoms with Crippen LogP contribution in [0, 0.1) is 0 Å². The van der Waals surface area contributed by atoms with Gasteiger partial charge in [0.2, 0.25) is 0 Å². The zero-order valence-electron chi connectivity index (χ0n) is 19.5. The average molecular weight is 446 g/mol. The molecule has 5 heteroatoms. The number of ether oxygens (including phenoxy) is 2. The van der Waals surface area contributed by atoms with E-state index in [0.717, 1.165) is 28.9 Å². The van der Waals surface area contributed by atoms with Crippen LogP contribution in [0.15, 0.2) is 77.1 Å². The minimum absolute atomic E-state index is 0.0576. The Morgan fingerprint density at radius 1 is 1.03 bits per heavy atom. The molecule has 33 heavy (non-hydrogen) atoms. The van der Waals surface area contributed by atoms with Gasteiger partial charge in [0.15, 0.2) is 5.78 Å². The number of nitrogens with one attached hydrogen (secondary N) is 1. The fourth-order valence-corrected chi connectivity index (χ4v) is 4.85. The Morgan fingerprint density at radius 2 is 1.76 bits per heavy atom. The fraction of sp³-hybridized carbons (Fsp3) is 0.357. The maximum absolute atomic E-state index is 13.6. The molecular weight excluding hydrogens is 414 g/mol. The van der Waals surface area contributed by atoms with Crippen molar-refractivity contribution in [1.82, 2.24) is 5.32 Å². The first-order valence-electron chi connectivity index (χ1n) is 11.7.